The van der Waals surface area contributed by atoms with Crippen molar-refractivity contribution in [2.75, 3.05) is 6.54 Å². The molecule has 0 spiro atoms. The maximum Gasteiger partial charge on any atom is 0.109 e. The normalized spacial score (nSPS) is 31.5. The smallest absolute Gasteiger partial charge is 0.109 e. The lowest BCUT2D eigenvalue weighted by atomic mass is 9.89. The third-order valence-electron chi connectivity index (χ3n) is 4.67. The van der Waals surface area contributed by atoms with Crippen molar-refractivity contribution in [3.05, 3.63) is 16.6 Å². The highest BCUT2D eigenvalue weighted by molar-refractivity contribution is 7.09. The van der Waals surface area contributed by atoms with Crippen LogP contribution in [0.15, 0.2) is 11.6 Å². The van der Waals surface area contributed by atoms with E-state index in [1.165, 1.54) is 37.1 Å². The van der Waals surface area contributed by atoms with Crippen LogP contribution in [0.25, 0.3) is 0 Å². The summed E-state index contributed by atoms with van der Waals surface area (Å²) >= 11 is 1.77. The lowest BCUT2D eigenvalue weighted by molar-refractivity contribution is 0.280. The molecule has 2 aliphatic rings. The Morgan fingerprint density at radius 2 is 2.21 bits per heavy atom. The molecule has 3 heterocycles. The van der Waals surface area contributed by atoms with Gasteiger partial charge in [0.15, 0.2) is 0 Å². The number of aromatic nitrogens is 1. The molecular formula is C15H25N3S. The van der Waals surface area contributed by atoms with Crippen molar-refractivity contribution < 1.29 is 0 Å². The molecule has 0 amide bonds. The van der Waals surface area contributed by atoms with Gasteiger partial charge in [-0.05, 0) is 51.0 Å². The van der Waals surface area contributed by atoms with Gasteiger partial charge >= 0.3 is 0 Å². The first kappa shape index (κ1) is 13.5. The SMILES string of the molecule is CCC(NCCC1CC2CCC(C1)N2)c1nccs1. The summed E-state index contributed by atoms with van der Waals surface area (Å²) in [5, 5.41) is 10.7. The molecule has 0 aliphatic carbocycles. The zero-order chi connectivity index (χ0) is 13.1. The molecule has 2 bridgehead atoms. The molecule has 3 nitrogen and oxygen atoms in total. The van der Waals surface area contributed by atoms with Crippen molar-refractivity contribution in [1.29, 1.82) is 0 Å². The fourth-order valence-corrected chi connectivity index (χ4v) is 4.48. The van der Waals surface area contributed by atoms with Gasteiger partial charge in [0.05, 0.1) is 6.04 Å². The summed E-state index contributed by atoms with van der Waals surface area (Å²) in [6.07, 6.45) is 9.98. The van der Waals surface area contributed by atoms with Crippen LogP contribution in [0.2, 0.25) is 0 Å². The zero-order valence-electron chi connectivity index (χ0n) is 11.8. The number of rotatable bonds is 6. The van der Waals surface area contributed by atoms with Gasteiger partial charge in [-0.15, -0.1) is 11.3 Å². The molecule has 0 aromatic carbocycles. The Labute approximate surface area is 120 Å². The van der Waals surface area contributed by atoms with Gasteiger partial charge in [-0.3, -0.25) is 0 Å². The van der Waals surface area contributed by atoms with Crippen LogP contribution in [0.4, 0.5) is 0 Å². The van der Waals surface area contributed by atoms with Crippen molar-refractivity contribution in [2.24, 2.45) is 5.92 Å². The number of piperidine rings is 1. The Morgan fingerprint density at radius 3 is 2.84 bits per heavy atom. The van der Waals surface area contributed by atoms with Crippen LogP contribution in [-0.2, 0) is 0 Å². The summed E-state index contributed by atoms with van der Waals surface area (Å²) in [4.78, 5) is 4.43. The first-order chi connectivity index (χ1) is 9.35. The second-order valence-electron chi connectivity index (χ2n) is 6.05. The summed E-state index contributed by atoms with van der Waals surface area (Å²) in [5.74, 6) is 0.931. The van der Waals surface area contributed by atoms with E-state index in [0.29, 0.717) is 6.04 Å². The van der Waals surface area contributed by atoms with Gasteiger partial charge < -0.3 is 10.6 Å². The van der Waals surface area contributed by atoms with Crippen molar-refractivity contribution >= 4 is 11.3 Å². The van der Waals surface area contributed by atoms with Crippen LogP contribution >= 0.6 is 11.3 Å². The number of fused-ring (bicyclic) bond motifs is 2. The van der Waals surface area contributed by atoms with E-state index in [1.54, 1.807) is 11.3 Å². The van der Waals surface area contributed by atoms with Crippen LogP contribution < -0.4 is 10.6 Å². The van der Waals surface area contributed by atoms with Gasteiger partial charge in [0.1, 0.15) is 5.01 Å². The van der Waals surface area contributed by atoms with E-state index in [1.807, 2.05) is 6.20 Å². The minimum atomic E-state index is 0.457. The molecule has 4 heteroatoms. The highest BCUT2D eigenvalue weighted by Gasteiger charge is 2.32. The Balaban J connectivity index is 1.42. The number of thiazole rings is 1. The maximum absolute atomic E-state index is 4.43. The van der Waals surface area contributed by atoms with Gasteiger partial charge in [-0.2, -0.15) is 0 Å². The third-order valence-corrected chi connectivity index (χ3v) is 5.56. The number of hydrogen-bond donors (Lipinski definition) is 2. The summed E-state index contributed by atoms with van der Waals surface area (Å²) in [6, 6.07) is 2.10. The topological polar surface area (TPSA) is 37.0 Å². The lowest BCUT2D eigenvalue weighted by Gasteiger charge is -2.29. The highest BCUT2D eigenvalue weighted by atomic mass is 32.1. The fraction of sp³-hybridized carbons (Fsp3) is 0.800. The summed E-state index contributed by atoms with van der Waals surface area (Å²) in [6.45, 7) is 3.38. The van der Waals surface area contributed by atoms with Gasteiger partial charge in [0, 0.05) is 23.7 Å². The van der Waals surface area contributed by atoms with E-state index < -0.39 is 0 Å². The molecule has 3 atom stereocenters. The number of hydrogen-bond acceptors (Lipinski definition) is 4. The van der Waals surface area contributed by atoms with Gasteiger partial charge in [0.2, 0.25) is 0 Å². The minimum absolute atomic E-state index is 0.457. The van der Waals surface area contributed by atoms with Crippen LogP contribution in [-0.4, -0.2) is 23.6 Å². The Hall–Kier alpha value is -0.450. The largest absolute Gasteiger partial charge is 0.311 e. The zero-order valence-corrected chi connectivity index (χ0v) is 12.6. The summed E-state index contributed by atoms with van der Waals surface area (Å²) in [5.41, 5.74) is 0. The number of nitrogens with zero attached hydrogens (tertiary/aromatic N) is 1. The van der Waals surface area contributed by atoms with E-state index in [2.05, 4.69) is 27.9 Å². The van der Waals surface area contributed by atoms with E-state index in [0.717, 1.165) is 31.0 Å². The average Bonchev–Trinajstić information content (AvgIpc) is 3.05. The predicted molar refractivity (Wildman–Crippen MR) is 80.4 cm³/mol. The van der Waals surface area contributed by atoms with E-state index in [-0.39, 0.29) is 0 Å². The van der Waals surface area contributed by atoms with Crippen LogP contribution in [0.5, 0.6) is 0 Å². The Morgan fingerprint density at radius 1 is 1.42 bits per heavy atom. The average molecular weight is 279 g/mol. The molecule has 2 saturated heterocycles. The molecular weight excluding hydrogens is 254 g/mol. The monoisotopic (exact) mass is 279 g/mol. The van der Waals surface area contributed by atoms with Crippen LogP contribution in [0.1, 0.15) is 56.5 Å². The van der Waals surface area contributed by atoms with Gasteiger partial charge in [-0.1, -0.05) is 6.92 Å². The molecule has 2 fully saturated rings. The highest BCUT2D eigenvalue weighted by Crippen LogP contribution is 2.32. The Bertz CT molecular complexity index is 367. The molecule has 0 radical (unpaired) electrons. The van der Waals surface area contributed by atoms with Gasteiger partial charge in [0.25, 0.3) is 0 Å². The van der Waals surface area contributed by atoms with Gasteiger partial charge in [-0.25, -0.2) is 4.98 Å². The summed E-state index contributed by atoms with van der Waals surface area (Å²) in [7, 11) is 0. The molecule has 1 aromatic heterocycles. The molecule has 2 aliphatic heterocycles. The molecule has 2 N–H and O–H groups in total. The molecule has 3 unspecified atom stereocenters. The standard InChI is InChI=1S/C15H25N3S/c1-2-14(15-17-7-8-19-15)16-6-5-11-9-12-3-4-13(10-11)18-12/h7-8,11-14,16,18H,2-6,9-10H2,1H3. The van der Waals surface area contributed by atoms with Crippen molar-refractivity contribution in [3.8, 4) is 0 Å². The number of nitrogens with one attached hydrogen (secondary N) is 2. The second kappa shape index (κ2) is 6.33. The minimum Gasteiger partial charge on any atom is -0.311 e. The Kier molecular flexibility index (Phi) is 4.51. The quantitative estimate of drug-likeness (QED) is 0.840. The predicted octanol–water partition coefficient (Wildman–Crippen LogP) is 3.10. The second-order valence-corrected chi connectivity index (χ2v) is 6.98. The van der Waals surface area contributed by atoms with Crippen LogP contribution in [0.3, 0.4) is 0 Å². The molecule has 1 aromatic rings. The van der Waals surface area contributed by atoms with Crippen molar-refractivity contribution in [1.82, 2.24) is 15.6 Å². The first-order valence-electron chi connectivity index (χ1n) is 7.74. The van der Waals surface area contributed by atoms with E-state index >= 15 is 0 Å². The molecule has 3 rings (SSSR count). The lowest BCUT2D eigenvalue weighted by Crippen LogP contribution is -2.39. The first-order valence-corrected chi connectivity index (χ1v) is 8.62. The molecule has 19 heavy (non-hydrogen) atoms. The fourth-order valence-electron chi connectivity index (χ4n) is 3.69. The third kappa shape index (κ3) is 3.36. The van der Waals surface area contributed by atoms with Crippen molar-refractivity contribution in [3.63, 3.8) is 0 Å². The van der Waals surface area contributed by atoms with Crippen molar-refractivity contribution in [2.45, 2.75) is 63.6 Å². The van der Waals surface area contributed by atoms with E-state index in [9.17, 15) is 0 Å². The van der Waals surface area contributed by atoms with Crippen LogP contribution in [0, 0.1) is 5.92 Å². The summed E-state index contributed by atoms with van der Waals surface area (Å²) < 4.78 is 0. The molecule has 106 valence electrons. The molecule has 0 saturated carbocycles. The van der Waals surface area contributed by atoms with E-state index in [4.69, 9.17) is 0 Å². The maximum atomic E-state index is 4.43.